The van der Waals surface area contributed by atoms with Gasteiger partial charge in [0.05, 0.1) is 5.69 Å². The molecule has 0 aliphatic carbocycles. The molecule has 2 aromatic carbocycles. The predicted molar refractivity (Wildman–Crippen MR) is 85.3 cm³/mol. The van der Waals surface area contributed by atoms with Crippen LogP contribution in [0.25, 0.3) is 0 Å². The van der Waals surface area contributed by atoms with Gasteiger partial charge in [0.2, 0.25) is 0 Å². The first kappa shape index (κ1) is 14.8. The van der Waals surface area contributed by atoms with Crippen LogP contribution in [0.1, 0.15) is 11.1 Å². The van der Waals surface area contributed by atoms with Crippen molar-refractivity contribution in [3.05, 3.63) is 61.2 Å². The average molecular weight is 408 g/mol. The molecule has 5 heteroatoms. The van der Waals surface area contributed by atoms with Crippen molar-refractivity contribution in [2.75, 3.05) is 5.32 Å². The van der Waals surface area contributed by atoms with Crippen LogP contribution in [0, 0.1) is 12.7 Å². The number of aryl methyl sites for hydroxylation is 1. The van der Waals surface area contributed by atoms with Gasteiger partial charge in [-0.3, -0.25) is 0 Å². The van der Waals surface area contributed by atoms with Crippen molar-refractivity contribution in [3.63, 3.8) is 0 Å². The van der Waals surface area contributed by atoms with E-state index in [1.807, 2.05) is 25.1 Å². The molecule has 1 N–H and O–H groups in total. The first-order valence-corrected chi connectivity index (χ1v) is 7.57. The number of halogens is 4. The van der Waals surface area contributed by atoms with Gasteiger partial charge in [0, 0.05) is 26.1 Å². The maximum absolute atomic E-state index is 13.7. The van der Waals surface area contributed by atoms with Crippen LogP contribution >= 0.6 is 43.5 Å². The SMILES string of the molecule is Cc1cc(Br)c(NCc2ccc(Br)cc2F)cc1Cl. The summed E-state index contributed by atoms with van der Waals surface area (Å²) < 4.78 is 15.3. The molecule has 2 rings (SSSR count). The van der Waals surface area contributed by atoms with Gasteiger partial charge in [-0.05, 0) is 52.7 Å². The Kier molecular flexibility index (Phi) is 4.87. The van der Waals surface area contributed by atoms with Gasteiger partial charge in [0.1, 0.15) is 5.82 Å². The van der Waals surface area contributed by atoms with Gasteiger partial charge in [-0.1, -0.05) is 33.6 Å². The zero-order valence-corrected chi connectivity index (χ0v) is 14.0. The maximum atomic E-state index is 13.7. The van der Waals surface area contributed by atoms with Crippen molar-refractivity contribution in [3.8, 4) is 0 Å². The summed E-state index contributed by atoms with van der Waals surface area (Å²) in [4.78, 5) is 0. The Morgan fingerprint density at radius 3 is 2.63 bits per heavy atom. The molecule has 0 fully saturated rings. The van der Waals surface area contributed by atoms with Crippen molar-refractivity contribution in [1.82, 2.24) is 0 Å². The molecule has 0 spiro atoms. The van der Waals surface area contributed by atoms with E-state index in [0.717, 1.165) is 20.2 Å². The van der Waals surface area contributed by atoms with E-state index in [0.29, 0.717) is 17.1 Å². The van der Waals surface area contributed by atoms with Crippen molar-refractivity contribution in [1.29, 1.82) is 0 Å². The van der Waals surface area contributed by atoms with Crippen LogP contribution in [0.5, 0.6) is 0 Å². The summed E-state index contributed by atoms with van der Waals surface area (Å²) in [5, 5.41) is 3.85. The molecule has 0 radical (unpaired) electrons. The molecule has 0 amide bonds. The van der Waals surface area contributed by atoms with Crippen LogP contribution < -0.4 is 5.32 Å². The number of hydrogen-bond donors (Lipinski definition) is 1. The molecule has 0 aromatic heterocycles. The molecule has 0 saturated carbocycles. The lowest BCUT2D eigenvalue weighted by Crippen LogP contribution is -2.02. The highest BCUT2D eigenvalue weighted by Crippen LogP contribution is 2.29. The van der Waals surface area contributed by atoms with Gasteiger partial charge in [-0.25, -0.2) is 4.39 Å². The fraction of sp³-hybridized carbons (Fsp3) is 0.143. The minimum atomic E-state index is -0.240. The van der Waals surface area contributed by atoms with Gasteiger partial charge < -0.3 is 5.32 Å². The zero-order valence-electron chi connectivity index (χ0n) is 10.1. The first-order chi connectivity index (χ1) is 8.97. The summed E-state index contributed by atoms with van der Waals surface area (Å²) in [6.45, 7) is 2.34. The van der Waals surface area contributed by atoms with E-state index in [-0.39, 0.29) is 5.82 Å². The monoisotopic (exact) mass is 405 g/mol. The molecular formula is C14H11Br2ClFN. The van der Waals surface area contributed by atoms with Gasteiger partial charge in [0.25, 0.3) is 0 Å². The molecule has 100 valence electrons. The van der Waals surface area contributed by atoms with Gasteiger partial charge in [-0.15, -0.1) is 0 Å². The summed E-state index contributed by atoms with van der Waals surface area (Å²) in [5.41, 5.74) is 2.44. The van der Waals surface area contributed by atoms with Gasteiger partial charge in [0.15, 0.2) is 0 Å². The number of benzene rings is 2. The number of anilines is 1. The molecule has 0 unspecified atom stereocenters. The Morgan fingerprint density at radius 1 is 1.21 bits per heavy atom. The quantitative estimate of drug-likeness (QED) is 0.665. The molecule has 1 nitrogen and oxygen atoms in total. The second-order valence-corrected chi connectivity index (χ2v) is 6.35. The lowest BCUT2D eigenvalue weighted by molar-refractivity contribution is 0.612. The zero-order chi connectivity index (χ0) is 14.0. The van der Waals surface area contributed by atoms with Crippen LogP contribution in [0.4, 0.5) is 10.1 Å². The Morgan fingerprint density at radius 2 is 1.95 bits per heavy atom. The average Bonchev–Trinajstić information content (AvgIpc) is 2.34. The standard InChI is InChI=1S/C14H11Br2ClFN/c1-8-4-11(16)14(6-12(8)17)19-7-9-2-3-10(15)5-13(9)18/h2-6,19H,7H2,1H3. The highest BCUT2D eigenvalue weighted by Gasteiger charge is 2.06. The second-order valence-electron chi connectivity index (χ2n) is 4.17. The van der Waals surface area contributed by atoms with Crippen molar-refractivity contribution >= 4 is 49.1 Å². The Bertz CT molecular complexity index is 617. The highest BCUT2D eigenvalue weighted by atomic mass is 79.9. The summed E-state index contributed by atoms with van der Waals surface area (Å²) in [6.07, 6.45) is 0. The van der Waals surface area contributed by atoms with Crippen molar-refractivity contribution in [2.24, 2.45) is 0 Å². The maximum Gasteiger partial charge on any atom is 0.129 e. The third kappa shape index (κ3) is 3.71. The third-order valence-electron chi connectivity index (χ3n) is 2.73. The van der Waals surface area contributed by atoms with Crippen molar-refractivity contribution < 1.29 is 4.39 Å². The number of rotatable bonds is 3. The van der Waals surface area contributed by atoms with Crippen LogP contribution in [0.3, 0.4) is 0 Å². The minimum Gasteiger partial charge on any atom is -0.380 e. The Hall–Kier alpha value is -0.580. The van der Waals surface area contributed by atoms with Crippen molar-refractivity contribution in [2.45, 2.75) is 13.5 Å². The third-order valence-corrected chi connectivity index (χ3v) is 4.29. The lowest BCUT2D eigenvalue weighted by Gasteiger charge is -2.11. The minimum absolute atomic E-state index is 0.240. The Balaban J connectivity index is 2.16. The molecule has 0 aliphatic heterocycles. The molecule has 0 saturated heterocycles. The topological polar surface area (TPSA) is 12.0 Å². The van der Waals surface area contributed by atoms with E-state index in [1.54, 1.807) is 6.07 Å². The highest BCUT2D eigenvalue weighted by molar-refractivity contribution is 9.10. The van der Waals surface area contributed by atoms with Crippen LogP contribution in [0.15, 0.2) is 39.3 Å². The lowest BCUT2D eigenvalue weighted by atomic mass is 10.2. The Labute approximate surface area is 133 Å². The largest absolute Gasteiger partial charge is 0.380 e. The van der Waals surface area contributed by atoms with Crippen LogP contribution in [-0.2, 0) is 6.54 Å². The summed E-state index contributed by atoms with van der Waals surface area (Å²) in [7, 11) is 0. The van der Waals surface area contributed by atoms with E-state index in [1.165, 1.54) is 6.07 Å². The summed E-state index contributed by atoms with van der Waals surface area (Å²) in [5.74, 6) is -0.240. The van der Waals surface area contributed by atoms with E-state index >= 15 is 0 Å². The second kappa shape index (κ2) is 6.25. The predicted octanol–water partition coefficient (Wildman–Crippen LogP) is 5.92. The van der Waals surface area contributed by atoms with Gasteiger partial charge >= 0.3 is 0 Å². The summed E-state index contributed by atoms with van der Waals surface area (Å²) >= 11 is 12.8. The van der Waals surface area contributed by atoms with E-state index in [4.69, 9.17) is 11.6 Å². The number of nitrogens with one attached hydrogen (secondary N) is 1. The van der Waals surface area contributed by atoms with E-state index in [2.05, 4.69) is 37.2 Å². The molecule has 0 aliphatic rings. The van der Waals surface area contributed by atoms with Crippen LogP contribution in [0.2, 0.25) is 5.02 Å². The molecular weight excluding hydrogens is 396 g/mol. The molecule has 0 bridgehead atoms. The molecule has 0 heterocycles. The van der Waals surface area contributed by atoms with Crippen LogP contribution in [-0.4, -0.2) is 0 Å². The normalized spacial score (nSPS) is 10.6. The first-order valence-electron chi connectivity index (χ1n) is 5.61. The fourth-order valence-electron chi connectivity index (χ4n) is 1.64. The molecule has 0 atom stereocenters. The number of hydrogen-bond acceptors (Lipinski definition) is 1. The summed E-state index contributed by atoms with van der Waals surface area (Å²) in [6, 6.07) is 8.78. The van der Waals surface area contributed by atoms with E-state index in [9.17, 15) is 4.39 Å². The molecule has 19 heavy (non-hydrogen) atoms. The van der Waals surface area contributed by atoms with Gasteiger partial charge in [-0.2, -0.15) is 0 Å². The fourth-order valence-corrected chi connectivity index (χ4v) is 2.73. The smallest absolute Gasteiger partial charge is 0.129 e. The molecule has 2 aromatic rings. The van der Waals surface area contributed by atoms with E-state index < -0.39 is 0 Å².